The van der Waals surface area contributed by atoms with Crippen LogP contribution in [-0.2, 0) is 10.0 Å². The highest BCUT2D eigenvalue weighted by Gasteiger charge is 2.20. The number of benzene rings is 2. The summed E-state index contributed by atoms with van der Waals surface area (Å²) in [5.74, 6) is -2.27. The molecule has 0 spiro atoms. The van der Waals surface area contributed by atoms with Gasteiger partial charge in [0.05, 0.1) is 11.0 Å². The minimum Gasteiger partial charge on any atom is -0.337 e. The van der Waals surface area contributed by atoms with Gasteiger partial charge in [-0.1, -0.05) is 30.0 Å². The Hall–Kier alpha value is -2.76. The van der Waals surface area contributed by atoms with Crippen molar-refractivity contribution in [2.45, 2.75) is 14.9 Å². The van der Waals surface area contributed by atoms with Crippen molar-refractivity contribution in [2.24, 2.45) is 0 Å². The predicted octanol–water partition coefficient (Wildman–Crippen LogP) is 5.55. The first-order valence-corrected chi connectivity index (χ1v) is 11.8. The minimum absolute atomic E-state index is 0.0353. The average molecular weight is 465 g/mol. The molecular formula is C19H14F2N4O2S3. The fraction of sp³-hybridized carbons (Fsp3) is 0.0526. The van der Waals surface area contributed by atoms with Crippen LogP contribution >= 0.6 is 23.1 Å². The van der Waals surface area contributed by atoms with E-state index in [9.17, 15) is 17.2 Å². The van der Waals surface area contributed by atoms with Gasteiger partial charge in [0.25, 0.3) is 15.8 Å². The third-order valence-electron chi connectivity index (χ3n) is 3.90. The lowest BCUT2D eigenvalue weighted by atomic mass is 10.3. The number of hydrogen-bond donors (Lipinski definition) is 2. The number of para-hydroxylation sites is 2. The summed E-state index contributed by atoms with van der Waals surface area (Å²) in [5, 5.41) is 4.68. The van der Waals surface area contributed by atoms with E-state index in [1.165, 1.54) is 6.07 Å². The molecule has 2 heterocycles. The van der Waals surface area contributed by atoms with Gasteiger partial charge in [-0.05, 0) is 47.8 Å². The van der Waals surface area contributed by atoms with Gasteiger partial charge in [0, 0.05) is 10.6 Å². The molecule has 0 amide bonds. The van der Waals surface area contributed by atoms with Gasteiger partial charge in [-0.25, -0.2) is 18.4 Å². The fourth-order valence-corrected chi connectivity index (χ4v) is 5.11. The third kappa shape index (κ3) is 4.69. The lowest BCUT2D eigenvalue weighted by molar-refractivity contribution is 0.252. The van der Waals surface area contributed by atoms with Crippen molar-refractivity contribution >= 4 is 61.5 Å². The molecule has 4 rings (SSSR count). The van der Waals surface area contributed by atoms with Crippen LogP contribution in [-0.4, -0.2) is 24.1 Å². The second kappa shape index (κ2) is 8.54. The highest BCUT2D eigenvalue weighted by atomic mass is 32.2. The van der Waals surface area contributed by atoms with Crippen molar-refractivity contribution in [3.8, 4) is 0 Å². The number of thiophene rings is 1. The second-order valence-electron chi connectivity index (χ2n) is 5.98. The maximum atomic E-state index is 12.7. The van der Waals surface area contributed by atoms with Crippen molar-refractivity contribution in [3.05, 3.63) is 66.0 Å². The monoisotopic (exact) mass is 464 g/mol. The van der Waals surface area contributed by atoms with Crippen LogP contribution < -0.4 is 10.0 Å². The Morgan fingerprint density at radius 3 is 2.17 bits per heavy atom. The maximum absolute atomic E-state index is 12.7. The van der Waals surface area contributed by atoms with Crippen molar-refractivity contribution < 1.29 is 17.2 Å². The van der Waals surface area contributed by atoms with Crippen molar-refractivity contribution in [1.29, 1.82) is 0 Å². The molecule has 30 heavy (non-hydrogen) atoms. The van der Waals surface area contributed by atoms with E-state index in [0.29, 0.717) is 33.4 Å². The Labute approximate surface area is 179 Å². The summed E-state index contributed by atoms with van der Waals surface area (Å²) in [6, 6.07) is 16.5. The van der Waals surface area contributed by atoms with E-state index in [0.717, 1.165) is 11.3 Å². The number of hydrogen-bond acceptors (Lipinski definition) is 7. The number of nitrogens with one attached hydrogen (secondary N) is 2. The number of alkyl halides is 2. The maximum Gasteiger partial charge on any atom is 0.288 e. The summed E-state index contributed by atoms with van der Waals surface area (Å²) >= 11 is 1.53. The smallest absolute Gasteiger partial charge is 0.288 e. The summed E-state index contributed by atoms with van der Waals surface area (Å²) in [7, 11) is -3.83. The number of rotatable bonds is 7. The molecular weight excluding hydrogens is 450 g/mol. The van der Waals surface area contributed by atoms with Gasteiger partial charge >= 0.3 is 0 Å². The van der Waals surface area contributed by atoms with Gasteiger partial charge in [-0.3, -0.25) is 4.72 Å². The lowest BCUT2D eigenvalue weighted by Crippen LogP contribution is -2.15. The molecule has 11 heteroatoms. The number of thioether (sulfide) groups is 1. The highest BCUT2D eigenvalue weighted by Crippen LogP contribution is 2.30. The molecule has 0 aliphatic rings. The van der Waals surface area contributed by atoms with Gasteiger partial charge in [-0.15, -0.1) is 11.3 Å². The predicted molar refractivity (Wildman–Crippen MR) is 116 cm³/mol. The first-order chi connectivity index (χ1) is 14.4. The van der Waals surface area contributed by atoms with Crippen LogP contribution in [0.5, 0.6) is 0 Å². The summed E-state index contributed by atoms with van der Waals surface area (Å²) in [5.41, 5.74) is 1.65. The number of nitrogens with zero attached hydrogens (tertiary/aromatic N) is 2. The first-order valence-electron chi connectivity index (χ1n) is 8.56. The summed E-state index contributed by atoms with van der Waals surface area (Å²) in [6.07, 6.45) is 0. The van der Waals surface area contributed by atoms with Crippen LogP contribution in [0.3, 0.4) is 0 Å². The molecule has 4 aromatic rings. The van der Waals surface area contributed by atoms with Gasteiger partial charge in [0.1, 0.15) is 4.21 Å². The molecule has 0 atom stereocenters. The van der Waals surface area contributed by atoms with E-state index in [4.69, 9.17) is 0 Å². The first kappa shape index (κ1) is 20.5. The quantitative estimate of drug-likeness (QED) is 0.349. The highest BCUT2D eigenvalue weighted by molar-refractivity contribution is 7.99. The zero-order valence-corrected chi connectivity index (χ0v) is 17.6. The summed E-state index contributed by atoms with van der Waals surface area (Å²) in [6.45, 7) is 0. The molecule has 0 radical (unpaired) electrons. The van der Waals surface area contributed by atoms with Gasteiger partial charge in [0.15, 0.2) is 11.6 Å². The molecule has 0 aliphatic carbocycles. The van der Waals surface area contributed by atoms with Crippen LogP contribution in [0.15, 0.2) is 75.1 Å². The largest absolute Gasteiger partial charge is 0.337 e. The summed E-state index contributed by atoms with van der Waals surface area (Å²) in [4.78, 5) is 9.31. The van der Waals surface area contributed by atoms with Gasteiger partial charge < -0.3 is 5.32 Å². The topological polar surface area (TPSA) is 84.0 Å². The molecule has 2 N–H and O–H groups in total. The fourth-order valence-electron chi connectivity index (χ4n) is 2.61. The van der Waals surface area contributed by atoms with Crippen molar-refractivity contribution in [1.82, 2.24) is 9.97 Å². The van der Waals surface area contributed by atoms with Crippen molar-refractivity contribution in [3.63, 3.8) is 0 Å². The van der Waals surface area contributed by atoms with E-state index in [1.807, 2.05) is 0 Å². The van der Waals surface area contributed by atoms with E-state index >= 15 is 0 Å². The van der Waals surface area contributed by atoms with E-state index in [1.54, 1.807) is 60.0 Å². The Balaban J connectivity index is 1.70. The molecule has 0 saturated carbocycles. The van der Waals surface area contributed by atoms with Crippen LogP contribution in [0.25, 0.3) is 11.0 Å². The number of sulfonamides is 1. The number of anilines is 3. The molecule has 0 bridgehead atoms. The molecule has 2 aromatic carbocycles. The van der Waals surface area contributed by atoms with E-state index < -0.39 is 15.8 Å². The SMILES string of the molecule is O=S(=O)(Nc1nc2ccccc2nc1Nc1ccc(SC(F)F)cc1)c1cccs1. The number of fused-ring (bicyclic) bond motifs is 1. The molecule has 0 saturated heterocycles. The van der Waals surface area contributed by atoms with Crippen LogP contribution in [0.4, 0.5) is 26.1 Å². The number of halogens is 2. The number of aromatic nitrogens is 2. The molecule has 6 nitrogen and oxygen atoms in total. The Bertz CT molecular complexity index is 1260. The van der Waals surface area contributed by atoms with Crippen LogP contribution in [0.2, 0.25) is 0 Å². The van der Waals surface area contributed by atoms with Crippen LogP contribution in [0.1, 0.15) is 0 Å². The normalized spacial score (nSPS) is 11.7. The minimum atomic E-state index is -3.83. The third-order valence-corrected chi connectivity index (χ3v) is 7.36. The molecule has 0 aliphatic heterocycles. The van der Waals surface area contributed by atoms with Gasteiger partial charge in [-0.2, -0.15) is 8.78 Å². The Kier molecular flexibility index (Phi) is 5.84. The zero-order chi connectivity index (χ0) is 21.1. The Morgan fingerprint density at radius 2 is 1.57 bits per heavy atom. The zero-order valence-electron chi connectivity index (χ0n) is 15.1. The Morgan fingerprint density at radius 1 is 0.900 bits per heavy atom. The molecule has 0 fully saturated rings. The molecule has 154 valence electrons. The standard InChI is InChI=1S/C19H14F2N4O2S3/c20-19(21)29-13-9-7-12(8-10-13)22-17-18(24-15-5-2-1-4-14(15)23-17)25-30(26,27)16-6-3-11-28-16/h1-11,19H,(H,22,23)(H,24,25). The molecule has 0 unspecified atom stereocenters. The van der Waals surface area contributed by atoms with Crippen molar-refractivity contribution in [2.75, 3.05) is 10.0 Å². The van der Waals surface area contributed by atoms with E-state index in [2.05, 4.69) is 20.0 Å². The van der Waals surface area contributed by atoms with E-state index in [-0.39, 0.29) is 15.8 Å². The molecule has 2 aromatic heterocycles. The average Bonchev–Trinajstić information content (AvgIpc) is 3.25. The lowest BCUT2D eigenvalue weighted by Gasteiger charge is -2.13. The van der Waals surface area contributed by atoms with Gasteiger partial charge in [0.2, 0.25) is 0 Å². The van der Waals surface area contributed by atoms with Crippen LogP contribution in [0, 0.1) is 0 Å². The summed E-state index contributed by atoms with van der Waals surface area (Å²) < 4.78 is 53.0. The second-order valence-corrected chi connectivity index (χ2v) is 9.90.